The van der Waals surface area contributed by atoms with E-state index in [1.54, 1.807) is 0 Å². The van der Waals surface area contributed by atoms with Crippen molar-refractivity contribution in [3.8, 4) is 46.5 Å². The highest BCUT2D eigenvalue weighted by atomic mass is 14.4. The van der Waals surface area contributed by atoms with E-state index in [2.05, 4.69) is 36.4 Å². The Morgan fingerprint density at radius 1 is 0.395 bits per heavy atom. The van der Waals surface area contributed by atoms with Crippen LogP contribution in [-0.2, 0) is 0 Å². The molecule has 0 aromatic heterocycles. The van der Waals surface area contributed by atoms with Gasteiger partial charge in [-0.1, -0.05) is 84.9 Å². The molecule has 0 spiro atoms. The van der Waals surface area contributed by atoms with Crippen molar-refractivity contribution in [1.82, 2.24) is 0 Å². The molecule has 0 N–H and O–H groups in total. The van der Waals surface area contributed by atoms with Crippen molar-refractivity contribution in [1.29, 1.82) is 21.0 Å². The molecular weight excluding hydrogens is 464 g/mol. The van der Waals surface area contributed by atoms with E-state index in [-0.39, 0.29) is 11.1 Å². The summed E-state index contributed by atoms with van der Waals surface area (Å²) in [6, 6.07) is 36.5. The molecule has 0 heterocycles. The minimum Gasteiger partial charge on any atom is -0.192 e. The number of benzene rings is 5. The van der Waals surface area contributed by atoms with Crippen LogP contribution in [0, 0.1) is 45.3 Å². The lowest BCUT2D eigenvalue weighted by molar-refractivity contribution is 1.46. The molecule has 5 aromatic rings. The number of nitrogens with zero attached hydrogens (tertiary/aromatic N) is 4. The predicted octanol–water partition coefficient (Wildman–Crippen LogP) is 7.65. The maximum absolute atomic E-state index is 10.1. The molecule has 0 unspecified atom stereocenters. The first-order valence-corrected chi connectivity index (χ1v) is 12.0. The first-order chi connectivity index (χ1) is 18.7. The molecule has 0 amide bonds. The number of rotatable bonds is 0. The molecule has 0 radical (unpaired) electrons. The van der Waals surface area contributed by atoms with E-state index in [4.69, 9.17) is 0 Å². The molecule has 0 saturated carbocycles. The van der Waals surface area contributed by atoms with Gasteiger partial charge in [-0.2, -0.15) is 21.0 Å². The summed E-state index contributed by atoms with van der Waals surface area (Å²) in [7, 11) is 0. The standard InChI is InChI=1S/C34H14N4/c35-15-21(16-36)29-25-11-9-20-6-2-4-8-24(20)32(25)34-26(29)13-14-28-31-23-7-3-1-5-19(23)10-12-27(31)30(33(28)34)22(17-37)18-38/h1-14H. The molecule has 0 aliphatic heterocycles. The maximum atomic E-state index is 10.1. The molecule has 4 heteroatoms. The Labute approximate surface area is 218 Å². The van der Waals surface area contributed by atoms with Gasteiger partial charge in [0.15, 0.2) is 0 Å². The van der Waals surface area contributed by atoms with Crippen LogP contribution in [0.1, 0.15) is 22.3 Å². The summed E-state index contributed by atoms with van der Waals surface area (Å²) in [6.07, 6.45) is 0. The second-order valence-electron chi connectivity index (χ2n) is 9.28. The summed E-state index contributed by atoms with van der Waals surface area (Å²) in [5.41, 5.74) is 8.15. The van der Waals surface area contributed by atoms with Crippen molar-refractivity contribution in [2.45, 2.75) is 0 Å². The summed E-state index contributed by atoms with van der Waals surface area (Å²) in [4.78, 5) is 0. The van der Waals surface area contributed by atoms with Gasteiger partial charge in [-0.25, -0.2) is 0 Å². The van der Waals surface area contributed by atoms with E-state index in [9.17, 15) is 21.0 Å². The second kappa shape index (κ2) is 7.78. The van der Waals surface area contributed by atoms with E-state index < -0.39 is 0 Å². The Morgan fingerprint density at radius 2 is 0.842 bits per heavy atom. The van der Waals surface area contributed by atoms with Crippen molar-refractivity contribution >= 4 is 32.7 Å². The van der Waals surface area contributed by atoms with Crippen molar-refractivity contribution in [2.24, 2.45) is 0 Å². The normalized spacial score (nSPS) is 12.0. The number of fused-ring (bicyclic) bond motifs is 11. The number of nitriles is 4. The van der Waals surface area contributed by atoms with Crippen LogP contribution in [0.15, 0.2) is 96.1 Å². The monoisotopic (exact) mass is 478 g/mol. The molecule has 2 aliphatic rings. The van der Waals surface area contributed by atoms with Crippen LogP contribution >= 0.6 is 0 Å². The Hall–Kier alpha value is -5.94. The fraction of sp³-hybridized carbons (Fsp3) is 0. The van der Waals surface area contributed by atoms with Gasteiger partial charge < -0.3 is 0 Å². The highest BCUT2D eigenvalue weighted by Crippen LogP contribution is 2.58. The molecule has 38 heavy (non-hydrogen) atoms. The van der Waals surface area contributed by atoms with E-state index in [0.29, 0.717) is 11.1 Å². The van der Waals surface area contributed by atoms with Gasteiger partial charge in [-0.3, -0.25) is 0 Å². The van der Waals surface area contributed by atoms with Crippen molar-refractivity contribution in [3.05, 3.63) is 118 Å². The molecule has 5 aromatic carbocycles. The van der Waals surface area contributed by atoms with E-state index in [0.717, 1.165) is 66.1 Å². The third kappa shape index (κ3) is 2.59. The third-order valence-corrected chi connectivity index (χ3v) is 7.59. The van der Waals surface area contributed by atoms with Crippen LogP contribution in [0.3, 0.4) is 0 Å². The fourth-order valence-corrected chi connectivity index (χ4v) is 6.14. The van der Waals surface area contributed by atoms with Gasteiger partial charge in [-0.05, 0) is 60.5 Å². The fourth-order valence-electron chi connectivity index (χ4n) is 6.14. The summed E-state index contributed by atoms with van der Waals surface area (Å²) in [5, 5.41) is 44.0. The molecule has 7 rings (SSSR count). The first kappa shape index (κ1) is 21.4. The zero-order valence-corrected chi connectivity index (χ0v) is 19.9. The van der Waals surface area contributed by atoms with E-state index in [1.807, 2.05) is 72.8 Å². The van der Waals surface area contributed by atoms with Crippen LogP contribution in [0.5, 0.6) is 0 Å². The average Bonchev–Trinajstić information content (AvgIpc) is 3.48. The zero-order chi connectivity index (χ0) is 26.0. The molecule has 0 bridgehead atoms. The lowest BCUT2D eigenvalue weighted by atomic mass is 9.89. The molecule has 0 saturated heterocycles. The predicted molar refractivity (Wildman–Crippen MR) is 147 cm³/mol. The highest BCUT2D eigenvalue weighted by Gasteiger charge is 2.37. The molecular formula is C34H14N4. The van der Waals surface area contributed by atoms with Gasteiger partial charge in [0, 0.05) is 16.7 Å². The summed E-state index contributed by atoms with van der Waals surface area (Å²) >= 11 is 0. The number of allylic oxidation sites excluding steroid dienone is 2. The quantitative estimate of drug-likeness (QED) is 0.209. The Kier molecular flexibility index (Phi) is 4.37. The lowest BCUT2D eigenvalue weighted by Gasteiger charge is -2.13. The highest BCUT2D eigenvalue weighted by molar-refractivity contribution is 6.22. The van der Waals surface area contributed by atoms with Gasteiger partial charge in [-0.15, -0.1) is 0 Å². The van der Waals surface area contributed by atoms with Gasteiger partial charge in [0.1, 0.15) is 35.4 Å². The van der Waals surface area contributed by atoms with E-state index >= 15 is 0 Å². The van der Waals surface area contributed by atoms with Crippen LogP contribution in [0.2, 0.25) is 0 Å². The first-order valence-electron chi connectivity index (χ1n) is 12.0. The van der Waals surface area contributed by atoms with Crippen molar-refractivity contribution in [3.63, 3.8) is 0 Å². The second-order valence-corrected chi connectivity index (χ2v) is 9.28. The molecule has 0 atom stereocenters. The van der Waals surface area contributed by atoms with E-state index in [1.165, 1.54) is 0 Å². The molecule has 2 aliphatic carbocycles. The minimum absolute atomic E-state index is 0.0347. The van der Waals surface area contributed by atoms with Crippen LogP contribution in [-0.4, -0.2) is 0 Å². The minimum atomic E-state index is 0.0347. The Bertz CT molecular complexity index is 2130. The lowest BCUT2D eigenvalue weighted by Crippen LogP contribution is -1.93. The van der Waals surface area contributed by atoms with Crippen LogP contribution in [0.25, 0.3) is 54.9 Å². The topological polar surface area (TPSA) is 95.2 Å². The summed E-state index contributed by atoms with van der Waals surface area (Å²) in [6.45, 7) is 0. The summed E-state index contributed by atoms with van der Waals surface area (Å²) in [5.74, 6) is 0. The van der Waals surface area contributed by atoms with Crippen molar-refractivity contribution < 1.29 is 0 Å². The molecule has 4 nitrogen and oxygen atoms in total. The maximum Gasteiger partial charge on any atom is 0.138 e. The SMILES string of the molecule is N#CC(C#N)=C1c2ccc3c(c2-c2c1ccc1ccccc21)C(=C(C#N)C#N)c1ccc2ccccc2c1-3. The third-order valence-electron chi connectivity index (χ3n) is 7.59. The Balaban J connectivity index is 1.75. The molecule has 170 valence electrons. The average molecular weight is 479 g/mol. The summed E-state index contributed by atoms with van der Waals surface area (Å²) < 4.78 is 0. The van der Waals surface area contributed by atoms with Crippen LogP contribution < -0.4 is 0 Å². The van der Waals surface area contributed by atoms with Crippen LogP contribution in [0.4, 0.5) is 0 Å². The van der Waals surface area contributed by atoms with Gasteiger partial charge in [0.05, 0.1) is 0 Å². The van der Waals surface area contributed by atoms with Gasteiger partial charge in [0.2, 0.25) is 0 Å². The molecule has 0 fully saturated rings. The zero-order valence-electron chi connectivity index (χ0n) is 19.9. The van der Waals surface area contributed by atoms with Gasteiger partial charge in [0.25, 0.3) is 0 Å². The number of hydrogen-bond donors (Lipinski definition) is 0. The smallest absolute Gasteiger partial charge is 0.138 e. The Morgan fingerprint density at radius 3 is 1.45 bits per heavy atom. The largest absolute Gasteiger partial charge is 0.192 e. The van der Waals surface area contributed by atoms with Crippen molar-refractivity contribution in [2.75, 3.05) is 0 Å². The number of hydrogen-bond acceptors (Lipinski definition) is 4. The van der Waals surface area contributed by atoms with Gasteiger partial charge >= 0.3 is 0 Å².